The molecule has 2 atom stereocenters. The van der Waals surface area contributed by atoms with Gasteiger partial charge >= 0.3 is 0 Å². The monoisotopic (exact) mass is 344 g/mol. The molecule has 1 aromatic heterocycles. The van der Waals surface area contributed by atoms with E-state index in [-0.39, 0.29) is 36.8 Å². The number of likely N-dealkylation sites (tertiary alicyclic amines) is 1. The largest absolute Gasteiger partial charge is 0.381 e. The van der Waals surface area contributed by atoms with E-state index in [4.69, 9.17) is 9.47 Å². The maximum absolute atomic E-state index is 12.6. The summed E-state index contributed by atoms with van der Waals surface area (Å²) in [5, 5.41) is 18.7. The van der Waals surface area contributed by atoms with Gasteiger partial charge in [-0.1, -0.05) is 35.5 Å². The van der Waals surface area contributed by atoms with Gasteiger partial charge in [-0.15, -0.1) is 5.10 Å². The first kappa shape index (κ1) is 16.2. The minimum absolute atomic E-state index is 0.0864. The molecule has 25 heavy (non-hydrogen) atoms. The first-order valence-corrected chi connectivity index (χ1v) is 8.20. The summed E-state index contributed by atoms with van der Waals surface area (Å²) in [4.78, 5) is 14.1. The Labute approximate surface area is 144 Å². The van der Waals surface area contributed by atoms with Crippen LogP contribution in [0.25, 0.3) is 0 Å². The summed E-state index contributed by atoms with van der Waals surface area (Å²) < 4.78 is 12.4. The van der Waals surface area contributed by atoms with Crippen molar-refractivity contribution in [2.75, 3.05) is 33.4 Å². The lowest BCUT2D eigenvalue weighted by atomic mass is 9.86. The number of methoxy groups -OCH3 is 1. The van der Waals surface area contributed by atoms with Crippen molar-refractivity contribution in [3.63, 3.8) is 0 Å². The molecule has 132 valence electrons. The maximum atomic E-state index is 12.6. The lowest BCUT2D eigenvalue weighted by molar-refractivity contribution is -0.0865. The molecule has 0 spiro atoms. The zero-order valence-corrected chi connectivity index (χ0v) is 13.9. The van der Waals surface area contributed by atoms with Gasteiger partial charge in [0.25, 0.3) is 5.91 Å². The number of rotatable bonds is 4. The van der Waals surface area contributed by atoms with Crippen molar-refractivity contribution < 1.29 is 19.4 Å². The van der Waals surface area contributed by atoms with Crippen LogP contribution in [0.2, 0.25) is 0 Å². The SMILES string of the molecule is CO[C@@H]1COC[C@H]1n1cc(C(=O)N2CC(O)(c3ccccc3)C2)nn1. The molecule has 4 rings (SSSR count). The van der Waals surface area contributed by atoms with Crippen molar-refractivity contribution in [1.82, 2.24) is 19.9 Å². The van der Waals surface area contributed by atoms with Crippen molar-refractivity contribution in [2.24, 2.45) is 0 Å². The van der Waals surface area contributed by atoms with Crippen molar-refractivity contribution in [2.45, 2.75) is 17.7 Å². The summed E-state index contributed by atoms with van der Waals surface area (Å²) in [6.45, 7) is 1.47. The van der Waals surface area contributed by atoms with Crippen LogP contribution < -0.4 is 0 Å². The van der Waals surface area contributed by atoms with E-state index in [0.717, 1.165) is 5.56 Å². The van der Waals surface area contributed by atoms with Crippen LogP contribution in [0.15, 0.2) is 36.5 Å². The van der Waals surface area contributed by atoms with Gasteiger partial charge in [-0.3, -0.25) is 4.79 Å². The highest BCUT2D eigenvalue weighted by Crippen LogP contribution is 2.32. The van der Waals surface area contributed by atoms with Crippen LogP contribution in [0.5, 0.6) is 0 Å². The van der Waals surface area contributed by atoms with Gasteiger partial charge in [-0.2, -0.15) is 0 Å². The van der Waals surface area contributed by atoms with E-state index in [2.05, 4.69) is 10.3 Å². The molecule has 0 radical (unpaired) electrons. The van der Waals surface area contributed by atoms with Crippen LogP contribution in [-0.4, -0.2) is 70.4 Å². The first-order chi connectivity index (χ1) is 12.1. The van der Waals surface area contributed by atoms with Crippen molar-refractivity contribution in [1.29, 1.82) is 0 Å². The molecule has 2 aliphatic heterocycles. The average Bonchev–Trinajstić information content (AvgIpc) is 3.27. The van der Waals surface area contributed by atoms with Crippen LogP contribution in [0.3, 0.4) is 0 Å². The number of carbonyl (C=O) groups is 1. The summed E-state index contributed by atoms with van der Waals surface area (Å²) in [5.74, 6) is -0.236. The van der Waals surface area contributed by atoms with E-state index in [1.165, 1.54) is 0 Å². The highest BCUT2D eigenvalue weighted by atomic mass is 16.5. The predicted molar refractivity (Wildman–Crippen MR) is 86.9 cm³/mol. The molecule has 1 aromatic carbocycles. The summed E-state index contributed by atoms with van der Waals surface area (Å²) in [7, 11) is 1.62. The number of β-amino-alcohol motifs (C(OH)–C–C–N with tert-alkyl or cyclic N) is 1. The Bertz CT molecular complexity index is 757. The molecule has 2 fully saturated rings. The number of carbonyl (C=O) groups excluding carboxylic acids is 1. The zero-order valence-electron chi connectivity index (χ0n) is 13.9. The smallest absolute Gasteiger partial charge is 0.276 e. The van der Waals surface area contributed by atoms with Crippen LogP contribution in [0, 0.1) is 0 Å². The van der Waals surface area contributed by atoms with Crippen LogP contribution >= 0.6 is 0 Å². The Balaban J connectivity index is 1.43. The molecule has 1 amide bonds. The molecule has 1 N–H and O–H groups in total. The van der Waals surface area contributed by atoms with Gasteiger partial charge in [0.05, 0.1) is 32.5 Å². The van der Waals surface area contributed by atoms with Gasteiger partial charge in [0, 0.05) is 7.11 Å². The number of aromatic nitrogens is 3. The van der Waals surface area contributed by atoms with Crippen molar-refractivity contribution in [3.05, 3.63) is 47.8 Å². The molecule has 0 bridgehead atoms. The van der Waals surface area contributed by atoms with Crippen molar-refractivity contribution in [3.8, 4) is 0 Å². The number of hydrogen-bond donors (Lipinski definition) is 1. The summed E-state index contributed by atoms with van der Waals surface area (Å²) in [6, 6.07) is 9.29. The third-order valence-electron chi connectivity index (χ3n) is 4.88. The third kappa shape index (κ3) is 2.82. The second-order valence-electron chi connectivity index (χ2n) is 6.52. The van der Waals surface area contributed by atoms with Crippen LogP contribution in [0.4, 0.5) is 0 Å². The number of hydrogen-bond acceptors (Lipinski definition) is 6. The second kappa shape index (κ2) is 6.21. The lowest BCUT2D eigenvalue weighted by Gasteiger charge is -2.46. The van der Waals surface area contributed by atoms with E-state index in [9.17, 15) is 9.90 Å². The number of aliphatic hydroxyl groups is 1. The van der Waals surface area contributed by atoms with E-state index >= 15 is 0 Å². The average molecular weight is 344 g/mol. The highest BCUT2D eigenvalue weighted by molar-refractivity contribution is 5.92. The number of amides is 1. The van der Waals surface area contributed by atoms with Crippen molar-refractivity contribution >= 4 is 5.91 Å². The zero-order chi connectivity index (χ0) is 17.4. The van der Waals surface area contributed by atoms with E-state index in [1.807, 2.05) is 30.3 Å². The topological polar surface area (TPSA) is 89.7 Å². The number of nitrogens with zero attached hydrogens (tertiary/aromatic N) is 4. The van der Waals surface area contributed by atoms with Crippen LogP contribution in [-0.2, 0) is 15.1 Å². The first-order valence-electron chi connectivity index (χ1n) is 8.20. The molecule has 8 nitrogen and oxygen atoms in total. The Morgan fingerprint density at radius 1 is 1.32 bits per heavy atom. The molecular formula is C17H20N4O4. The van der Waals surface area contributed by atoms with Gasteiger partial charge in [-0.05, 0) is 5.56 Å². The Morgan fingerprint density at radius 2 is 2.08 bits per heavy atom. The van der Waals surface area contributed by atoms with Gasteiger partial charge in [0.1, 0.15) is 17.7 Å². The molecule has 2 aromatic rings. The number of ether oxygens (including phenoxy) is 2. The summed E-state index contributed by atoms with van der Waals surface area (Å²) >= 11 is 0. The fourth-order valence-corrected chi connectivity index (χ4v) is 3.35. The quantitative estimate of drug-likeness (QED) is 0.853. The minimum atomic E-state index is -0.993. The fourth-order valence-electron chi connectivity index (χ4n) is 3.35. The van der Waals surface area contributed by atoms with Gasteiger partial charge in [0.15, 0.2) is 5.69 Å². The Morgan fingerprint density at radius 3 is 2.80 bits per heavy atom. The van der Waals surface area contributed by atoms with Crippen LogP contribution in [0.1, 0.15) is 22.1 Å². The molecule has 3 heterocycles. The molecular weight excluding hydrogens is 324 g/mol. The molecule has 2 aliphatic rings. The fraction of sp³-hybridized carbons (Fsp3) is 0.471. The molecule has 2 saturated heterocycles. The summed E-state index contributed by atoms with van der Waals surface area (Å²) in [6.07, 6.45) is 1.52. The highest BCUT2D eigenvalue weighted by Gasteiger charge is 2.45. The lowest BCUT2D eigenvalue weighted by Crippen LogP contribution is -2.61. The van der Waals surface area contributed by atoms with Gasteiger partial charge in [-0.25, -0.2) is 4.68 Å². The predicted octanol–water partition coefficient (Wildman–Crippen LogP) is 0.208. The molecule has 0 aliphatic carbocycles. The van der Waals surface area contributed by atoms with E-state index < -0.39 is 5.60 Å². The summed E-state index contributed by atoms with van der Waals surface area (Å²) in [5.41, 5.74) is 0.0819. The van der Waals surface area contributed by atoms with Gasteiger partial charge in [0.2, 0.25) is 0 Å². The Hall–Kier alpha value is -2.29. The molecule has 8 heteroatoms. The minimum Gasteiger partial charge on any atom is -0.381 e. The third-order valence-corrected chi connectivity index (χ3v) is 4.88. The molecule has 0 saturated carbocycles. The van der Waals surface area contributed by atoms with Gasteiger partial charge < -0.3 is 19.5 Å². The second-order valence-corrected chi connectivity index (χ2v) is 6.52. The number of benzene rings is 1. The van der Waals surface area contributed by atoms with E-state index in [0.29, 0.717) is 13.2 Å². The Kier molecular flexibility index (Phi) is 4.03. The standard InChI is InChI=1S/C17H20N4O4/c1-24-15-9-25-8-14(15)21-7-13(18-19-21)16(22)20-10-17(23,11-20)12-5-3-2-4-6-12/h2-7,14-15,23H,8-11H2,1H3/t14-,15-/m1/s1. The maximum Gasteiger partial charge on any atom is 0.276 e. The molecule has 0 unspecified atom stereocenters. The van der Waals surface area contributed by atoms with E-state index in [1.54, 1.807) is 22.9 Å². The normalized spacial score (nSPS) is 25.0.